The van der Waals surface area contributed by atoms with Crippen LogP contribution in [0, 0.1) is 0 Å². The van der Waals surface area contributed by atoms with Crippen LogP contribution in [0.3, 0.4) is 0 Å². The molecular weight excluding hydrogens is 325 g/mol. The van der Waals surface area contributed by atoms with Gasteiger partial charge in [-0.25, -0.2) is 9.48 Å². The second-order valence-electron chi connectivity index (χ2n) is 5.07. The molecule has 0 aliphatic heterocycles. The Kier molecular flexibility index (Phi) is 5.45. The van der Waals surface area contributed by atoms with E-state index in [-0.39, 0.29) is 12.3 Å². The molecule has 0 fully saturated rings. The van der Waals surface area contributed by atoms with Crippen LogP contribution in [0.4, 0.5) is 23.7 Å². The van der Waals surface area contributed by atoms with E-state index in [0.717, 1.165) is 12.1 Å². The van der Waals surface area contributed by atoms with E-state index in [1.165, 1.54) is 16.9 Å². The number of alkyl halides is 3. The zero-order valence-electron chi connectivity index (χ0n) is 12.8. The van der Waals surface area contributed by atoms with Crippen LogP contribution in [0.1, 0.15) is 18.9 Å². The maximum absolute atomic E-state index is 12.9. The maximum Gasteiger partial charge on any atom is 0.416 e. The molecule has 0 aliphatic carbocycles. The first-order valence-corrected chi connectivity index (χ1v) is 7.24. The summed E-state index contributed by atoms with van der Waals surface area (Å²) in [6, 6.07) is 3.42. The lowest BCUT2D eigenvalue weighted by Gasteiger charge is -2.17. The van der Waals surface area contributed by atoms with Crippen molar-refractivity contribution in [3.05, 3.63) is 42.2 Å². The molecule has 0 bridgehead atoms. The highest BCUT2D eigenvalue weighted by atomic mass is 19.4. The van der Waals surface area contributed by atoms with Crippen molar-refractivity contribution < 1.29 is 23.1 Å². The summed E-state index contributed by atoms with van der Waals surface area (Å²) >= 11 is 0. The summed E-state index contributed by atoms with van der Waals surface area (Å²) in [6.45, 7) is 1.50. The van der Waals surface area contributed by atoms with Crippen LogP contribution in [0.25, 0.3) is 5.69 Å². The van der Waals surface area contributed by atoms with Crippen LogP contribution < -0.4 is 10.6 Å². The van der Waals surface area contributed by atoms with E-state index in [0.29, 0.717) is 12.1 Å². The van der Waals surface area contributed by atoms with Gasteiger partial charge in [0.25, 0.3) is 0 Å². The Morgan fingerprint density at radius 3 is 2.71 bits per heavy atom. The SMILES string of the molecule is CCC(CO)NC(=O)Nc1cc(C(F)(F)F)ccc1-n1cccn1. The second-order valence-corrected chi connectivity index (χ2v) is 5.07. The largest absolute Gasteiger partial charge is 0.416 e. The highest BCUT2D eigenvalue weighted by Gasteiger charge is 2.31. The number of halogens is 3. The summed E-state index contributed by atoms with van der Waals surface area (Å²) in [5.41, 5.74) is -0.637. The first-order valence-electron chi connectivity index (χ1n) is 7.24. The number of aliphatic hydroxyl groups is 1. The smallest absolute Gasteiger partial charge is 0.394 e. The average molecular weight is 342 g/mol. The lowest BCUT2D eigenvalue weighted by Crippen LogP contribution is -2.39. The number of rotatable bonds is 5. The van der Waals surface area contributed by atoms with Gasteiger partial charge in [0, 0.05) is 12.4 Å². The maximum atomic E-state index is 12.9. The molecule has 2 aromatic rings. The Morgan fingerprint density at radius 1 is 1.42 bits per heavy atom. The molecule has 3 N–H and O–H groups in total. The number of amides is 2. The fourth-order valence-electron chi connectivity index (χ4n) is 2.04. The van der Waals surface area contributed by atoms with Crippen molar-refractivity contribution in [2.45, 2.75) is 25.6 Å². The van der Waals surface area contributed by atoms with E-state index >= 15 is 0 Å². The van der Waals surface area contributed by atoms with Crippen molar-refractivity contribution in [3.63, 3.8) is 0 Å². The van der Waals surface area contributed by atoms with Gasteiger partial charge in [0.15, 0.2) is 0 Å². The van der Waals surface area contributed by atoms with Crippen molar-refractivity contribution in [1.82, 2.24) is 15.1 Å². The lowest BCUT2D eigenvalue weighted by molar-refractivity contribution is -0.137. The minimum absolute atomic E-state index is 0.0428. The molecule has 0 saturated heterocycles. The number of nitrogens with one attached hydrogen (secondary N) is 2. The summed E-state index contributed by atoms with van der Waals surface area (Å²) in [5, 5.41) is 17.9. The van der Waals surface area contributed by atoms with Crippen LogP contribution in [0.15, 0.2) is 36.7 Å². The predicted octanol–water partition coefficient (Wildman–Crippen LogP) is 2.78. The number of benzene rings is 1. The third-order valence-corrected chi connectivity index (χ3v) is 3.37. The number of nitrogens with zero attached hydrogens (tertiary/aromatic N) is 2. The minimum Gasteiger partial charge on any atom is -0.394 e. The summed E-state index contributed by atoms with van der Waals surface area (Å²) in [4.78, 5) is 12.0. The number of urea groups is 1. The van der Waals surface area contributed by atoms with Gasteiger partial charge in [-0.3, -0.25) is 0 Å². The van der Waals surface area contributed by atoms with Gasteiger partial charge in [-0.15, -0.1) is 0 Å². The van der Waals surface area contributed by atoms with E-state index < -0.39 is 23.8 Å². The molecule has 0 spiro atoms. The average Bonchev–Trinajstić information content (AvgIpc) is 3.05. The third-order valence-electron chi connectivity index (χ3n) is 3.37. The first-order chi connectivity index (χ1) is 11.3. The number of anilines is 1. The number of hydrogen-bond acceptors (Lipinski definition) is 3. The fourth-order valence-corrected chi connectivity index (χ4v) is 2.04. The number of carbonyl (C=O) groups excluding carboxylic acids is 1. The molecule has 6 nitrogen and oxygen atoms in total. The van der Waals surface area contributed by atoms with Gasteiger partial charge in [0.2, 0.25) is 0 Å². The molecule has 2 rings (SSSR count). The molecule has 1 heterocycles. The van der Waals surface area contributed by atoms with Gasteiger partial charge in [-0.2, -0.15) is 18.3 Å². The normalized spacial score (nSPS) is 12.7. The number of aromatic nitrogens is 2. The Hall–Kier alpha value is -2.55. The van der Waals surface area contributed by atoms with E-state index in [2.05, 4.69) is 15.7 Å². The molecule has 0 saturated carbocycles. The molecule has 9 heteroatoms. The zero-order valence-corrected chi connectivity index (χ0v) is 12.8. The van der Waals surface area contributed by atoms with Crippen molar-refractivity contribution >= 4 is 11.7 Å². The number of aliphatic hydroxyl groups excluding tert-OH is 1. The van der Waals surface area contributed by atoms with Gasteiger partial charge < -0.3 is 15.7 Å². The molecule has 1 aromatic heterocycles. The Bertz CT molecular complexity index is 683. The molecule has 24 heavy (non-hydrogen) atoms. The van der Waals surface area contributed by atoms with Gasteiger partial charge in [0.05, 0.1) is 29.6 Å². The second kappa shape index (κ2) is 7.35. The molecule has 1 aromatic carbocycles. The first kappa shape index (κ1) is 17.8. The van der Waals surface area contributed by atoms with E-state index in [4.69, 9.17) is 5.11 Å². The molecular formula is C15H17F3N4O2. The van der Waals surface area contributed by atoms with Crippen LogP contribution in [0.5, 0.6) is 0 Å². The quantitative estimate of drug-likeness (QED) is 0.782. The Balaban J connectivity index is 2.32. The molecule has 130 valence electrons. The van der Waals surface area contributed by atoms with Gasteiger partial charge in [-0.1, -0.05) is 6.92 Å². The zero-order chi connectivity index (χ0) is 17.7. The summed E-state index contributed by atoms with van der Waals surface area (Å²) in [6.07, 6.45) is -1.03. The van der Waals surface area contributed by atoms with Gasteiger partial charge in [-0.05, 0) is 30.7 Å². The number of hydrogen-bond donors (Lipinski definition) is 3. The Morgan fingerprint density at radius 2 is 2.17 bits per heavy atom. The summed E-state index contributed by atoms with van der Waals surface area (Å²) in [7, 11) is 0. The molecule has 1 atom stereocenters. The highest BCUT2D eigenvalue weighted by Crippen LogP contribution is 2.33. The van der Waals surface area contributed by atoms with E-state index in [1.807, 2.05) is 0 Å². The third kappa shape index (κ3) is 4.25. The van der Waals surface area contributed by atoms with Crippen LogP contribution in [0.2, 0.25) is 0 Å². The van der Waals surface area contributed by atoms with Gasteiger partial charge >= 0.3 is 12.2 Å². The lowest BCUT2D eigenvalue weighted by atomic mass is 10.1. The predicted molar refractivity (Wildman–Crippen MR) is 81.9 cm³/mol. The van der Waals surface area contributed by atoms with Crippen LogP contribution in [-0.4, -0.2) is 33.6 Å². The summed E-state index contributed by atoms with van der Waals surface area (Å²) in [5.74, 6) is 0. The van der Waals surface area contributed by atoms with Crippen LogP contribution >= 0.6 is 0 Å². The molecule has 0 radical (unpaired) electrons. The monoisotopic (exact) mass is 342 g/mol. The Labute approximate surface area is 136 Å². The fraction of sp³-hybridized carbons (Fsp3) is 0.333. The highest BCUT2D eigenvalue weighted by molar-refractivity contribution is 5.91. The van der Waals surface area contributed by atoms with Crippen molar-refractivity contribution in [1.29, 1.82) is 0 Å². The summed E-state index contributed by atoms with van der Waals surface area (Å²) < 4.78 is 40.1. The van der Waals surface area contributed by atoms with Gasteiger partial charge in [0.1, 0.15) is 0 Å². The van der Waals surface area contributed by atoms with Crippen molar-refractivity contribution in [2.24, 2.45) is 0 Å². The molecule has 2 amide bonds. The number of carbonyl (C=O) groups is 1. The van der Waals surface area contributed by atoms with Crippen molar-refractivity contribution in [3.8, 4) is 5.69 Å². The molecule has 0 aliphatic rings. The van der Waals surface area contributed by atoms with E-state index in [9.17, 15) is 18.0 Å². The standard InChI is InChI=1S/C15H17F3N4O2/c1-2-11(9-23)20-14(24)21-12-8-10(15(16,17)18)4-5-13(12)22-7-3-6-19-22/h3-8,11,23H,2,9H2,1H3,(H2,20,21,24). The minimum atomic E-state index is -4.54. The van der Waals surface area contributed by atoms with Crippen molar-refractivity contribution in [2.75, 3.05) is 11.9 Å². The van der Waals surface area contributed by atoms with E-state index in [1.54, 1.807) is 19.2 Å². The molecule has 1 unspecified atom stereocenters. The van der Waals surface area contributed by atoms with Crippen LogP contribution in [-0.2, 0) is 6.18 Å². The topological polar surface area (TPSA) is 79.2 Å².